The predicted octanol–water partition coefficient (Wildman–Crippen LogP) is 2.99. The van der Waals surface area contributed by atoms with E-state index >= 15 is 0 Å². The van der Waals surface area contributed by atoms with Gasteiger partial charge in [-0.2, -0.15) is 0 Å². The van der Waals surface area contributed by atoms with Crippen molar-refractivity contribution in [2.24, 2.45) is 7.05 Å². The van der Waals surface area contributed by atoms with Gasteiger partial charge in [-0.15, -0.1) is 0 Å². The number of carboxylic acid groups (broad SMARTS) is 1. The second-order valence-corrected chi connectivity index (χ2v) is 7.47. The van der Waals surface area contributed by atoms with Crippen LogP contribution in [0, 0.1) is 5.41 Å². The molecule has 3 aromatic rings. The lowest BCUT2D eigenvalue weighted by molar-refractivity contribution is 0.0321. The molecular formula is C24H29N5O6. The molecule has 0 saturated carbocycles. The van der Waals surface area contributed by atoms with E-state index in [0.29, 0.717) is 37.4 Å². The smallest absolute Gasteiger partial charge is 0.412 e. The third kappa shape index (κ3) is 7.26. The Kier molecular flexibility index (Phi) is 9.16. The number of rotatable bonds is 12. The summed E-state index contributed by atoms with van der Waals surface area (Å²) in [6, 6.07) is 11.8. The maximum absolute atomic E-state index is 11.8. The van der Waals surface area contributed by atoms with Gasteiger partial charge in [0, 0.05) is 24.9 Å². The Morgan fingerprint density at radius 2 is 1.71 bits per heavy atom. The highest BCUT2D eigenvalue weighted by atomic mass is 16.6. The number of alkyl carbamates (subject to hydrolysis) is 1. The van der Waals surface area contributed by atoms with Crippen molar-refractivity contribution in [1.29, 1.82) is 5.41 Å². The molecule has 0 aliphatic rings. The maximum Gasteiger partial charge on any atom is 0.412 e. The standard InChI is InChI=1S/C24H29N5O6/c1-3-33-10-11-34-12-13-35-24(32)28-22(25)16-4-7-18(8-5-16)26-15-21-27-19-14-17(23(30)31)6-9-20(19)29(21)2/h4-9,14,26H,3,10-13,15H2,1-2H3,(H,30,31)(H2,25,28,32). The molecule has 0 bridgehead atoms. The number of aryl methyl sites for hydroxylation is 1. The van der Waals surface area contributed by atoms with Gasteiger partial charge in [0.2, 0.25) is 0 Å². The van der Waals surface area contributed by atoms with Gasteiger partial charge in [0.25, 0.3) is 0 Å². The van der Waals surface area contributed by atoms with Gasteiger partial charge < -0.3 is 29.2 Å². The lowest BCUT2D eigenvalue weighted by atomic mass is 10.2. The molecule has 0 fully saturated rings. The summed E-state index contributed by atoms with van der Waals surface area (Å²) in [5, 5.41) is 22.9. The van der Waals surface area contributed by atoms with E-state index in [-0.39, 0.29) is 24.6 Å². The summed E-state index contributed by atoms with van der Waals surface area (Å²) in [7, 11) is 1.87. The van der Waals surface area contributed by atoms with Gasteiger partial charge in [0.05, 0.1) is 43.0 Å². The number of amidine groups is 1. The lowest BCUT2D eigenvalue weighted by Crippen LogP contribution is -2.31. The molecule has 186 valence electrons. The Balaban J connectivity index is 1.46. The van der Waals surface area contributed by atoms with Crippen molar-refractivity contribution >= 4 is 34.6 Å². The van der Waals surface area contributed by atoms with Crippen LogP contribution in [0.15, 0.2) is 42.5 Å². The molecule has 0 saturated heterocycles. The normalized spacial score (nSPS) is 10.8. The summed E-state index contributed by atoms with van der Waals surface area (Å²) in [5.74, 6) is -0.331. The van der Waals surface area contributed by atoms with E-state index in [0.717, 1.165) is 17.0 Å². The fraction of sp³-hybridized carbons (Fsp3) is 0.333. The van der Waals surface area contributed by atoms with Crippen molar-refractivity contribution in [2.45, 2.75) is 13.5 Å². The monoisotopic (exact) mass is 483 g/mol. The number of carboxylic acids is 1. The van der Waals surface area contributed by atoms with E-state index in [1.165, 1.54) is 0 Å². The number of aromatic nitrogens is 2. The summed E-state index contributed by atoms with van der Waals surface area (Å²) in [6.07, 6.45) is -0.724. The number of benzene rings is 2. The minimum Gasteiger partial charge on any atom is -0.478 e. The molecule has 0 radical (unpaired) electrons. The molecule has 0 atom stereocenters. The highest BCUT2D eigenvalue weighted by molar-refractivity contribution is 6.04. The number of hydrogen-bond acceptors (Lipinski definition) is 8. The van der Waals surface area contributed by atoms with Gasteiger partial charge in [-0.05, 0) is 49.4 Å². The Hall–Kier alpha value is -3.96. The third-order valence-corrected chi connectivity index (χ3v) is 5.11. The van der Waals surface area contributed by atoms with E-state index in [1.807, 2.05) is 18.5 Å². The molecule has 0 aliphatic heterocycles. The van der Waals surface area contributed by atoms with Gasteiger partial charge in [0.1, 0.15) is 18.3 Å². The minimum absolute atomic E-state index is 0.0773. The van der Waals surface area contributed by atoms with Gasteiger partial charge in [0.15, 0.2) is 0 Å². The number of amides is 1. The molecule has 1 heterocycles. The predicted molar refractivity (Wildman–Crippen MR) is 130 cm³/mol. The Morgan fingerprint density at radius 1 is 1.03 bits per heavy atom. The largest absolute Gasteiger partial charge is 0.478 e. The molecule has 0 spiro atoms. The van der Waals surface area contributed by atoms with Crippen molar-refractivity contribution in [3.8, 4) is 0 Å². The van der Waals surface area contributed by atoms with E-state index in [9.17, 15) is 9.59 Å². The number of nitrogens with zero attached hydrogens (tertiary/aromatic N) is 2. The van der Waals surface area contributed by atoms with E-state index in [2.05, 4.69) is 15.6 Å². The zero-order valence-electron chi connectivity index (χ0n) is 19.7. The van der Waals surface area contributed by atoms with Crippen LogP contribution >= 0.6 is 0 Å². The van der Waals surface area contributed by atoms with Crippen molar-refractivity contribution in [2.75, 3.05) is 38.4 Å². The van der Waals surface area contributed by atoms with Crippen LogP contribution in [0.25, 0.3) is 11.0 Å². The van der Waals surface area contributed by atoms with Crippen LogP contribution in [0.3, 0.4) is 0 Å². The average molecular weight is 484 g/mol. The maximum atomic E-state index is 11.8. The average Bonchev–Trinajstić information content (AvgIpc) is 3.17. The quantitative estimate of drug-likeness (QED) is 0.175. The lowest BCUT2D eigenvalue weighted by Gasteiger charge is -2.10. The first-order chi connectivity index (χ1) is 16.9. The van der Waals surface area contributed by atoms with Crippen molar-refractivity contribution in [3.05, 3.63) is 59.4 Å². The SMILES string of the molecule is CCOCCOCCOC(=O)NC(=N)c1ccc(NCc2nc3cc(C(=O)O)ccc3n2C)cc1. The number of carbonyl (C=O) groups excluding carboxylic acids is 1. The van der Waals surface area contributed by atoms with E-state index < -0.39 is 12.1 Å². The number of fused-ring (bicyclic) bond motifs is 1. The van der Waals surface area contributed by atoms with Crippen LogP contribution in [0.5, 0.6) is 0 Å². The number of imidazole rings is 1. The highest BCUT2D eigenvalue weighted by Gasteiger charge is 2.12. The summed E-state index contributed by atoms with van der Waals surface area (Å²) in [5.41, 5.74) is 2.96. The van der Waals surface area contributed by atoms with E-state index in [1.54, 1.807) is 42.5 Å². The first kappa shape index (κ1) is 25.7. The van der Waals surface area contributed by atoms with Crippen molar-refractivity contribution < 1.29 is 28.9 Å². The van der Waals surface area contributed by atoms with Crippen LogP contribution < -0.4 is 10.6 Å². The van der Waals surface area contributed by atoms with Crippen LogP contribution in [0.2, 0.25) is 0 Å². The summed E-state index contributed by atoms with van der Waals surface area (Å²) in [6.45, 7) is 4.19. The second-order valence-electron chi connectivity index (χ2n) is 7.47. The number of ether oxygens (including phenoxy) is 3. The number of nitrogens with one attached hydrogen (secondary N) is 3. The molecule has 0 aliphatic carbocycles. The Morgan fingerprint density at radius 3 is 2.43 bits per heavy atom. The van der Waals surface area contributed by atoms with Gasteiger partial charge in [-0.25, -0.2) is 14.6 Å². The molecule has 11 nitrogen and oxygen atoms in total. The van der Waals surface area contributed by atoms with Crippen molar-refractivity contribution in [1.82, 2.24) is 14.9 Å². The topological polar surface area (TPSA) is 148 Å². The first-order valence-corrected chi connectivity index (χ1v) is 11.1. The number of aromatic carboxylic acids is 1. The molecule has 35 heavy (non-hydrogen) atoms. The van der Waals surface area contributed by atoms with E-state index in [4.69, 9.17) is 24.7 Å². The fourth-order valence-corrected chi connectivity index (χ4v) is 3.24. The molecule has 4 N–H and O–H groups in total. The molecule has 1 aromatic heterocycles. The van der Waals surface area contributed by atoms with Crippen LogP contribution in [0.4, 0.5) is 10.5 Å². The third-order valence-electron chi connectivity index (χ3n) is 5.11. The molecule has 0 unspecified atom stereocenters. The number of carbonyl (C=O) groups is 2. The highest BCUT2D eigenvalue weighted by Crippen LogP contribution is 2.18. The summed E-state index contributed by atoms with van der Waals surface area (Å²) in [4.78, 5) is 27.5. The minimum atomic E-state index is -0.993. The van der Waals surface area contributed by atoms with Crippen LogP contribution in [0.1, 0.15) is 28.7 Å². The zero-order valence-corrected chi connectivity index (χ0v) is 19.7. The fourth-order valence-electron chi connectivity index (χ4n) is 3.24. The summed E-state index contributed by atoms with van der Waals surface area (Å²) < 4.78 is 17.3. The van der Waals surface area contributed by atoms with Crippen LogP contribution in [-0.4, -0.2) is 65.6 Å². The molecular weight excluding hydrogens is 454 g/mol. The van der Waals surface area contributed by atoms with Crippen molar-refractivity contribution in [3.63, 3.8) is 0 Å². The van der Waals surface area contributed by atoms with Crippen LogP contribution in [-0.2, 0) is 27.8 Å². The molecule has 1 amide bonds. The van der Waals surface area contributed by atoms with Gasteiger partial charge >= 0.3 is 12.1 Å². The molecule has 2 aromatic carbocycles. The van der Waals surface area contributed by atoms with Gasteiger partial charge in [-0.1, -0.05) is 0 Å². The Bertz CT molecular complexity index is 1180. The first-order valence-electron chi connectivity index (χ1n) is 11.1. The molecule has 11 heteroatoms. The Labute approximate surface area is 202 Å². The van der Waals surface area contributed by atoms with Gasteiger partial charge in [-0.3, -0.25) is 10.7 Å². The number of anilines is 1. The number of hydrogen-bond donors (Lipinski definition) is 4. The second kappa shape index (κ2) is 12.5. The summed E-state index contributed by atoms with van der Waals surface area (Å²) >= 11 is 0. The molecule has 3 rings (SSSR count). The zero-order chi connectivity index (χ0) is 25.2.